The van der Waals surface area contributed by atoms with Crippen LogP contribution < -0.4 is 5.32 Å². The molecule has 0 radical (unpaired) electrons. The molecule has 2 rings (SSSR count). The first-order chi connectivity index (χ1) is 13.2. The maximum absolute atomic E-state index is 12.9. The first-order valence-corrected chi connectivity index (χ1v) is 9.99. The molecular weight excluding hydrogens is 385 g/mol. The van der Waals surface area contributed by atoms with E-state index in [2.05, 4.69) is 5.32 Å². The van der Waals surface area contributed by atoms with Crippen LogP contribution in [0.3, 0.4) is 0 Å². The average molecular weight is 403 g/mol. The third-order valence-corrected chi connectivity index (χ3v) is 5.07. The average Bonchev–Trinajstić information content (AvgIpc) is 2.63. The Bertz CT molecular complexity index is 997. The zero-order valence-corrected chi connectivity index (χ0v) is 15.9. The molecule has 2 amide bonds. The molecule has 0 atom stereocenters. The number of hydrogen-bond acceptors (Lipinski definition) is 5. The Morgan fingerprint density at radius 1 is 1.11 bits per heavy atom. The molecule has 9 heteroatoms. The van der Waals surface area contributed by atoms with E-state index in [1.807, 2.05) is 0 Å². The van der Waals surface area contributed by atoms with Gasteiger partial charge in [0, 0.05) is 18.3 Å². The van der Waals surface area contributed by atoms with Crippen molar-refractivity contribution in [3.63, 3.8) is 0 Å². The van der Waals surface area contributed by atoms with Crippen molar-refractivity contribution in [2.24, 2.45) is 0 Å². The van der Waals surface area contributed by atoms with Gasteiger partial charge in [-0.15, -0.1) is 0 Å². The van der Waals surface area contributed by atoms with Gasteiger partial charge in [-0.3, -0.25) is 9.59 Å². The molecule has 2 aromatic carbocycles. The second kappa shape index (κ2) is 9.10. The predicted octanol–water partition coefficient (Wildman–Crippen LogP) is 1.97. The Morgan fingerprint density at radius 2 is 1.71 bits per heavy atom. The van der Waals surface area contributed by atoms with Gasteiger partial charge < -0.3 is 10.2 Å². The van der Waals surface area contributed by atoms with E-state index in [9.17, 15) is 22.4 Å². The molecule has 0 spiro atoms. The smallest absolute Gasteiger partial charge is 0.254 e. The van der Waals surface area contributed by atoms with E-state index in [1.54, 1.807) is 6.07 Å². The molecule has 0 aliphatic heterocycles. The summed E-state index contributed by atoms with van der Waals surface area (Å²) in [5, 5.41) is 11.1. The minimum absolute atomic E-state index is 0.214. The van der Waals surface area contributed by atoms with Crippen molar-refractivity contribution in [1.29, 1.82) is 5.26 Å². The van der Waals surface area contributed by atoms with E-state index in [-0.39, 0.29) is 12.3 Å². The minimum atomic E-state index is -3.52. The third-order valence-electron chi connectivity index (χ3n) is 3.73. The van der Waals surface area contributed by atoms with Gasteiger partial charge in [0.1, 0.15) is 11.6 Å². The van der Waals surface area contributed by atoms with Crippen LogP contribution in [0.1, 0.15) is 15.9 Å². The Hall–Kier alpha value is -3.25. The maximum Gasteiger partial charge on any atom is 0.254 e. The van der Waals surface area contributed by atoms with Gasteiger partial charge in [-0.1, -0.05) is 12.1 Å². The molecule has 146 valence electrons. The van der Waals surface area contributed by atoms with E-state index in [1.165, 1.54) is 60.5 Å². The Morgan fingerprint density at radius 3 is 2.29 bits per heavy atom. The molecule has 28 heavy (non-hydrogen) atoms. The fourth-order valence-electron chi connectivity index (χ4n) is 2.39. The molecule has 7 nitrogen and oxygen atoms in total. The lowest BCUT2D eigenvalue weighted by molar-refractivity contribution is -0.116. The molecular formula is C19H18FN3O4S. The number of halogens is 1. The predicted molar refractivity (Wildman–Crippen MR) is 102 cm³/mol. The summed E-state index contributed by atoms with van der Waals surface area (Å²) in [5.74, 6) is -2.14. The van der Waals surface area contributed by atoms with Crippen molar-refractivity contribution in [3.8, 4) is 6.07 Å². The van der Waals surface area contributed by atoms with Crippen LogP contribution in [0.4, 0.5) is 10.1 Å². The molecule has 0 saturated heterocycles. The summed E-state index contributed by atoms with van der Waals surface area (Å²) >= 11 is 0. The van der Waals surface area contributed by atoms with Crippen LogP contribution in [0.25, 0.3) is 0 Å². The zero-order valence-electron chi connectivity index (χ0n) is 15.1. The zero-order chi connectivity index (χ0) is 20.7. The molecule has 0 saturated carbocycles. The summed E-state index contributed by atoms with van der Waals surface area (Å²) in [6, 6.07) is 12.8. The van der Waals surface area contributed by atoms with Gasteiger partial charge in [-0.25, -0.2) is 12.8 Å². The number of hydrogen-bond donors (Lipinski definition) is 1. The first-order valence-electron chi connectivity index (χ1n) is 8.17. The van der Waals surface area contributed by atoms with Crippen LogP contribution >= 0.6 is 0 Å². The topological polar surface area (TPSA) is 107 Å². The van der Waals surface area contributed by atoms with E-state index in [0.29, 0.717) is 16.8 Å². The van der Waals surface area contributed by atoms with Crippen molar-refractivity contribution in [1.82, 2.24) is 4.90 Å². The van der Waals surface area contributed by atoms with Gasteiger partial charge in [-0.2, -0.15) is 5.26 Å². The number of rotatable bonds is 7. The van der Waals surface area contributed by atoms with Crippen molar-refractivity contribution in [2.45, 2.75) is 5.75 Å². The van der Waals surface area contributed by atoms with Gasteiger partial charge >= 0.3 is 0 Å². The number of nitriles is 1. The molecule has 0 heterocycles. The standard InChI is InChI=1S/C19H18FN3O4S/c1-23(12-18(24)22-17-8-6-16(20)7-9-17)19(25)15-4-2-14(3-5-15)13-28(26,27)11-10-21/h2-9H,11-13H2,1H3,(H,22,24). The van der Waals surface area contributed by atoms with Crippen LogP contribution in [-0.2, 0) is 20.4 Å². The van der Waals surface area contributed by atoms with Crippen LogP contribution in [0, 0.1) is 17.1 Å². The van der Waals surface area contributed by atoms with Crippen molar-refractivity contribution < 1.29 is 22.4 Å². The van der Waals surface area contributed by atoms with Gasteiger partial charge in [0.15, 0.2) is 9.84 Å². The second-order valence-electron chi connectivity index (χ2n) is 6.10. The number of likely N-dealkylation sites (N-methyl/N-ethyl adjacent to an activating group) is 1. The molecule has 0 aliphatic rings. The Labute approximate surface area is 162 Å². The lowest BCUT2D eigenvalue weighted by Gasteiger charge is -2.17. The molecule has 0 fully saturated rings. The number of carbonyl (C=O) groups excluding carboxylic acids is 2. The Kier molecular flexibility index (Phi) is 6.84. The maximum atomic E-state index is 12.9. The number of benzene rings is 2. The van der Waals surface area contributed by atoms with Crippen molar-refractivity contribution in [2.75, 3.05) is 24.7 Å². The van der Waals surface area contributed by atoms with E-state index in [4.69, 9.17) is 5.26 Å². The largest absolute Gasteiger partial charge is 0.332 e. The SMILES string of the molecule is CN(CC(=O)Nc1ccc(F)cc1)C(=O)c1ccc(CS(=O)(=O)CC#N)cc1. The molecule has 1 N–H and O–H groups in total. The fraction of sp³-hybridized carbons (Fsp3) is 0.211. The summed E-state index contributed by atoms with van der Waals surface area (Å²) in [5.41, 5.74) is 1.16. The summed E-state index contributed by atoms with van der Waals surface area (Å²) in [7, 11) is -2.06. The highest BCUT2D eigenvalue weighted by Gasteiger charge is 2.16. The van der Waals surface area contributed by atoms with E-state index < -0.39 is 33.2 Å². The summed E-state index contributed by atoms with van der Waals surface area (Å²) in [6.45, 7) is -0.214. The van der Waals surface area contributed by atoms with Crippen LogP contribution in [0.15, 0.2) is 48.5 Å². The van der Waals surface area contributed by atoms with Gasteiger partial charge in [0.2, 0.25) is 5.91 Å². The summed E-state index contributed by atoms with van der Waals surface area (Å²) < 4.78 is 36.2. The number of amides is 2. The van der Waals surface area contributed by atoms with E-state index in [0.717, 1.165) is 0 Å². The minimum Gasteiger partial charge on any atom is -0.332 e. The highest BCUT2D eigenvalue weighted by Crippen LogP contribution is 2.11. The van der Waals surface area contributed by atoms with Crippen molar-refractivity contribution in [3.05, 3.63) is 65.5 Å². The first kappa shape index (κ1) is 21.1. The van der Waals surface area contributed by atoms with E-state index >= 15 is 0 Å². The number of sulfone groups is 1. The number of anilines is 1. The monoisotopic (exact) mass is 403 g/mol. The quantitative estimate of drug-likeness (QED) is 0.761. The normalized spacial score (nSPS) is 10.8. The Balaban J connectivity index is 1.96. The van der Waals surface area contributed by atoms with Gasteiger partial charge in [0.25, 0.3) is 5.91 Å². The van der Waals surface area contributed by atoms with Crippen LogP contribution in [0.2, 0.25) is 0 Å². The van der Waals surface area contributed by atoms with Gasteiger partial charge in [-0.05, 0) is 42.0 Å². The molecule has 0 unspecified atom stereocenters. The second-order valence-corrected chi connectivity index (χ2v) is 8.17. The summed E-state index contributed by atoms with van der Waals surface area (Å²) in [6.07, 6.45) is 0. The molecule has 0 aliphatic carbocycles. The molecule has 0 aromatic heterocycles. The number of nitrogens with one attached hydrogen (secondary N) is 1. The van der Waals surface area contributed by atoms with Crippen LogP contribution in [0.5, 0.6) is 0 Å². The van der Waals surface area contributed by atoms with Crippen molar-refractivity contribution >= 4 is 27.3 Å². The fourth-order valence-corrected chi connectivity index (χ4v) is 3.39. The lowest BCUT2D eigenvalue weighted by atomic mass is 10.1. The molecule has 0 bridgehead atoms. The summed E-state index contributed by atoms with van der Waals surface area (Å²) in [4.78, 5) is 25.6. The number of carbonyl (C=O) groups is 2. The van der Waals surface area contributed by atoms with Crippen LogP contribution in [-0.4, -0.2) is 44.5 Å². The third kappa shape index (κ3) is 6.17. The highest BCUT2D eigenvalue weighted by atomic mass is 32.2. The molecule has 2 aromatic rings. The lowest BCUT2D eigenvalue weighted by Crippen LogP contribution is -2.34. The number of nitrogens with zero attached hydrogens (tertiary/aromatic N) is 2. The highest BCUT2D eigenvalue weighted by molar-refractivity contribution is 7.90. The van der Waals surface area contributed by atoms with Gasteiger partial charge in [0.05, 0.1) is 18.4 Å².